The predicted octanol–water partition coefficient (Wildman–Crippen LogP) is 2.51. The van der Waals surface area contributed by atoms with Gasteiger partial charge in [0.25, 0.3) is 5.91 Å². The highest BCUT2D eigenvalue weighted by Crippen LogP contribution is 2.13. The van der Waals surface area contributed by atoms with Gasteiger partial charge in [0.15, 0.2) is 0 Å². The number of nitrogens with two attached hydrogens (primary N) is 1. The molecule has 1 aromatic carbocycles. The maximum absolute atomic E-state index is 13.8. The molecular formula is C17H28ClFN2O3. The van der Waals surface area contributed by atoms with Crippen LogP contribution >= 0.6 is 12.4 Å². The van der Waals surface area contributed by atoms with Gasteiger partial charge >= 0.3 is 0 Å². The van der Waals surface area contributed by atoms with Gasteiger partial charge in [-0.15, -0.1) is 12.4 Å². The second kappa shape index (κ2) is 12.2. The molecule has 1 atom stereocenters. The fourth-order valence-corrected chi connectivity index (χ4v) is 2.20. The molecule has 1 rings (SSSR count). The van der Waals surface area contributed by atoms with Gasteiger partial charge < -0.3 is 20.5 Å². The monoisotopic (exact) mass is 362 g/mol. The van der Waals surface area contributed by atoms with E-state index in [2.05, 4.69) is 19.2 Å². The van der Waals surface area contributed by atoms with Crippen molar-refractivity contribution in [3.8, 4) is 0 Å². The first-order valence-electron chi connectivity index (χ1n) is 7.84. The van der Waals surface area contributed by atoms with Gasteiger partial charge in [0.05, 0.1) is 19.8 Å². The van der Waals surface area contributed by atoms with Crippen LogP contribution < -0.4 is 11.1 Å². The van der Waals surface area contributed by atoms with Crippen molar-refractivity contribution in [3.05, 3.63) is 35.1 Å². The highest BCUT2D eigenvalue weighted by Gasteiger charge is 2.15. The van der Waals surface area contributed by atoms with Crippen molar-refractivity contribution in [3.63, 3.8) is 0 Å². The summed E-state index contributed by atoms with van der Waals surface area (Å²) in [5.41, 5.74) is 6.44. The van der Waals surface area contributed by atoms with Gasteiger partial charge in [-0.1, -0.05) is 13.8 Å². The highest BCUT2D eigenvalue weighted by molar-refractivity contribution is 5.94. The minimum atomic E-state index is -0.392. The number of methoxy groups -OCH3 is 1. The van der Waals surface area contributed by atoms with Crippen molar-refractivity contribution in [1.82, 2.24) is 5.32 Å². The molecule has 0 bridgehead atoms. The van der Waals surface area contributed by atoms with Crippen LogP contribution in [0.5, 0.6) is 0 Å². The standard InChI is InChI=1S/C17H27FN2O3.ClH/c1-12(2)8-15(10-19)20-17(21)13-4-5-16(18)14(9-13)11-23-7-6-22-3;/h4-5,9,12,15H,6-8,10-11,19H2,1-3H3,(H,20,21);1H. The number of amides is 1. The molecule has 0 heterocycles. The van der Waals surface area contributed by atoms with E-state index in [0.29, 0.717) is 36.8 Å². The molecule has 0 aliphatic heterocycles. The summed E-state index contributed by atoms with van der Waals surface area (Å²) in [6, 6.07) is 4.17. The lowest BCUT2D eigenvalue weighted by atomic mass is 10.0. The topological polar surface area (TPSA) is 73.6 Å². The van der Waals surface area contributed by atoms with E-state index in [9.17, 15) is 9.18 Å². The van der Waals surface area contributed by atoms with Crippen LogP contribution in [0.15, 0.2) is 18.2 Å². The summed E-state index contributed by atoms with van der Waals surface area (Å²) in [5.74, 6) is -0.211. The van der Waals surface area contributed by atoms with Crippen molar-refractivity contribution >= 4 is 18.3 Å². The number of ether oxygens (including phenoxy) is 2. The third-order valence-corrected chi connectivity index (χ3v) is 3.37. The second-order valence-corrected chi connectivity index (χ2v) is 5.89. The van der Waals surface area contributed by atoms with E-state index < -0.39 is 5.82 Å². The maximum atomic E-state index is 13.8. The maximum Gasteiger partial charge on any atom is 0.251 e. The molecule has 0 spiro atoms. The number of hydrogen-bond acceptors (Lipinski definition) is 4. The molecule has 1 amide bonds. The molecule has 138 valence electrons. The van der Waals surface area contributed by atoms with E-state index in [0.717, 1.165) is 6.42 Å². The Labute approximate surface area is 149 Å². The molecule has 1 unspecified atom stereocenters. The highest BCUT2D eigenvalue weighted by atomic mass is 35.5. The lowest BCUT2D eigenvalue weighted by Gasteiger charge is -2.19. The van der Waals surface area contributed by atoms with Crippen LogP contribution in [0.25, 0.3) is 0 Å². The lowest BCUT2D eigenvalue weighted by molar-refractivity contribution is 0.0603. The summed E-state index contributed by atoms with van der Waals surface area (Å²) < 4.78 is 24.0. The Kier molecular flexibility index (Phi) is 11.6. The largest absolute Gasteiger partial charge is 0.382 e. The van der Waals surface area contributed by atoms with Crippen molar-refractivity contribution in [2.75, 3.05) is 26.9 Å². The Hall–Kier alpha value is -1.21. The summed E-state index contributed by atoms with van der Waals surface area (Å²) in [7, 11) is 1.57. The zero-order valence-electron chi connectivity index (χ0n) is 14.5. The first-order chi connectivity index (χ1) is 11.0. The van der Waals surface area contributed by atoms with Gasteiger partial charge in [-0.25, -0.2) is 4.39 Å². The molecule has 1 aromatic rings. The van der Waals surface area contributed by atoms with Crippen LogP contribution in [0.4, 0.5) is 4.39 Å². The second-order valence-electron chi connectivity index (χ2n) is 5.89. The van der Waals surface area contributed by atoms with Gasteiger partial charge in [-0.05, 0) is 30.5 Å². The quantitative estimate of drug-likeness (QED) is 0.627. The number of hydrogen-bond donors (Lipinski definition) is 2. The Balaban J connectivity index is 0.00000529. The molecule has 0 radical (unpaired) electrons. The van der Waals surface area contributed by atoms with Crippen LogP contribution in [0.2, 0.25) is 0 Å². The van der Waals surface area contributed by atoms with E-state index in [1.165, 1.54) is 18.2 Å². The Morgan fingerprint density at radius 2 is 2.04 bits per heavy atom. The lowest BCUT2D eigenvalue weighted by Crippen LogP contribution is -2.41. The van der Waals surface area contributed by atoms with E-state index >= 15 is 0 Å². The third kappa shape index (κ3) is 8.06. The molecular weight excluding hydrogens is 335 g/mol. The molecule has 0 aliphatic carbocycles. The number of carbonyl (C=O) groups excluding carboxylic acids is 1. The van der Waals surface area contributed by atoms with Crippen LogP contribution in [-0.2, 0) is 16.1 Å². The number of carbonyl (C=O) groups is 1. The van der Waals surface area contributed by atoms with Crippen molar-refractivity contribution < 1.29 is 18.7 Å². The minimum Gasteiger partial charge on any atom is -0.382 e. The van der Waals surface area contributed by atoms with Crippen molar-refractivity contribution in [2.24, 2.45) is 11.7 Å². The Morgan fingerprint density at radius 3 is 2.62 bits per heavy atom. The molecule has 0 aromatic heterocycles. The fraction of sp³-hybridized carbons (Fsp3) is 0.588. The summed E-state index contributed by atoms with van der Waals surface area (Å²) in [6.45, 7) is 5.43. The van der Waals surface area contributed by atoms with Crippen LogP contribution in [0, 0.1) is 11.7 Å². The molecule has 3 N–H and O–H groups in total. The Morgan fingerprint density at radius 1 is 1.33 bits per heavy atom. The zero-order chi connectivity index (χ0) is 17.2. The smallest absolute Gasteiger partial charge is 0.251 e. The van der Waals surface area contributed by atoms with E-state index in [-0.39, 0.29) is 31.0 Å². The number of rotatable bonds is 10. The number of halogens is 2. The first-order valence-corrected chi connectivity index (χ1v) is 7.84. The zero-order valence-corrected chi connectivity index (χ0v) is 15.3. The van der Waals surface area contributed by atoms with Gasteiger partial charge in [-0.3, -0.25) is 4.79 Å². The SMILES string of the molecule is COCCOCc1cc(C(=O)NC(CN)CC(C)C)ccc1F.Cl. The Bertz CT molecular complexity index is 501. The summed E-state index contributed by atoms with van der Waals surface area (Å²) in [6.07, 6.45) is 0.802. The molecule has 5 nitrogen and oxygen atoms in total. The van der Waals surface area contributed by atoms with Crippen LogP contribution in [0.3, 0.4) is 0 Å². The summed E-state index contributed by atoms with van der Waals surface area (Å²) in [4.78, 5) is 12.3. The summed E-state index contributed by atoms with van der Waals surface area (Å²) in [5, 5.41) is 2.89. The van der Waals surface area contributed by atoms with Gasteiger partial charge in [-0.2, -0.15) is 0 Å². The van der Waals surface area contributed by atoms with E-state index in [1.54, 1.807) is 7.11 Å². The number of nitrogens with one attached hydrogen (secondary N) is 1. The van der Waals surface area contributed by atoms with Gasteiger partial charge in [0.2, 0.25) is 0 Å². The normalized spacial score (nSPS) is 11.9. The molecule has 7 heteroatoms. The molecule has 0 saturated carbocycles. The molecule has 0 aliphatic rings. The first kappa shape index (κ1) is 22.8. The summed E-state index contributed by atoms with van der Waals surface area (Å²) >= 11 is 0. The van der Waals surface area contributed by atoms with Gasteiger partial charge in [0.1, 0.15) is 5.82 Å². The molecule has 0 saturated heterocycles. The molecule has 0 fully saturated rings. The van der Waals surface area contributed by atoms with E-state index in [4.69, 9.17) is 15.2 Å². The van der Waals surface area contributed by atoms with Crippen LogP contribution in [-0.4, -0.2) is 38.8 Å². The van der Waals surface area contributed by atoms with Crippen molar-refractivity contribution in [1.29, 1.82) is 0 Å². The van der Waals surface area contributed by atoms with Gasteiger partial charge in [0, 0.05) is 30.8 Å². The molecule has 24 heavy (non-hydrogen) atoms. The van der Waals surface area contributed by atoms with Crippen molar-refractivity contribution in [2.45, 2.75) is 32.9 Å². The average molecular weight is 363 g/mol. The minimum absolute atomic E-state index is 0. The van der Waals surface area contributed by atoms with Crippen LogP contribution in [0.1, 0.15) is 36.2 Å². The van der Waals surface area contributed by atoms with E-state index in [1.807, 2.05) is 0 Å². The fourth-order valence-electron chi connectivity index (χ4n) is 2.20. The average Bonchev–Trinajstić information content (AvgIpc) is 2.51. The predicted molar refractivity (Wildman–Crippen MR) is 94.9 cm³/mol. The number of benzene rings is 1. The third-order valence-electron chi connectivity index (χ3n) is 3.37.